The van der Waals surface area contributed by atoms with Crippen LogP contribution in [-0.2, 0) is 6.54 Å². The summed E-state index contributed by atoms with van der Waals surface area (Å²) in [6.07, 6.45) is 3.63. The number of phenolic OH excluding ortho intramolecular Hbond substituents is 1. The van der Waals surface area contributed by atoms with Crippen molar-refractivity contribution >= 4 is 34.9 Å². The third-order valence-electron chi connectivity index (χ3n) is 6.55. The van der Waals surface area contributed by atoms with Crippen molar-refractivity contribution in [1.29, 1.82) is 0 Å². The van der Waals surface area contributed by atoms with E-state index < -0.39 is 11.8 Å². The summed E-state index contributed by atoms with van der Waals surface area (Å²) < 4.78 is 1.47. The molecule has 5 aromatic rings. The van der Waals surface area contributed by atoms with Crippen molar-refractivity contribution in [3.8, 4) is 11.4 Å². The van der Waals surface area contributed by atoms with Gasteiger partial charge in [-0.15, -0.1) is 0 Å². The third-order valence-corrected chi connectivity index (χ3v) is 6.55. The van der Waals surface area contributed by atoms with Gasteiger partial charge in [0.05, 0.1) is 34.3 Å². The van der Waals surface area contributed by atoms with Gasteiger partial charge in [0.25, 0.3) is 17.4 Å². The van der Waals surface area contributed by atoms with Crippen LogP contribution in [0.4, 0.5) is 0 Å². The van der Waals surface area contributed by atoms with Gasteiger partial charge in [-0.2, -0.15) is 0 Å². The Morgan fingerprint density at radius 3 is 2.13 bits per heavy atom. The van der Waals surface area contributed by atoms with Gasteiger partial charge in [-0.3, -0.25) is 23.9 Å². The van der Waals surface area contributed by atoms with E-state index in [-0.39, 0.29) is 17.9 Å². The van der Waals surface area contributed by atoms with Crippen LogP contribution in [0.1, 0.15) is 37.7 Å². The average Bonchev–Trinajstić information content (AvgIpc) is 3.19. The SMILES string of the molecule is O=C1c2ccccc2C(=O)N1Cc1cc(-n2c(/C=C/c3ccccc3)nc3ccccc3c2=O)ccc1O. The Hall–Kier alpha value is -5.30. The smallest absolute Gasteiger partial charge is 0.266 e. The number of para-hydroxylation sites is 1. The van der Waals surface area contributed by atoms with Crippen LogP contribution in [0.3, 0.4) is 0 Å². The van der Waals surface area contributed by atoms with Crippen molar-refractivity contribution < 1.29 is 14.7 Å². The number of benzene rings is 4. The van der Waals surface area contributed by atoms with Gasteiger partial charge in [0.1, 0.15) is 11.6 Å². The van der Waals surface area contributed by atoms with E-state index in [1.165, 1.54) is 10.6 Å². The zero-order valence-electron chi connectivity index (χ0n) is 20.1. The highest BCUT2D eigenvalue weighted by Crippen LogP contribution is 2.28. The quantitative estimate of drug-likeness (QED) is 0.342. The Labute approximate surface area is 217 Å². The number of aromatic nitrogens is 2. The number of aromatic hydroxyl groups is 1. The Balaban J connectivity index is 1.45. The van der Waals surface area contributed by atoms with Gasteiger partial charge >= 0.3 is 0 Å². The van der Waals surface area contributed by atoms with Crippen LogP contribution in [0.5, 0.6) is 5.75 Å². The lowest BCUT2D eigenvalue weighted by Crippen LogP contribution is -2.29. The van der Waals surface area contributed by atoms with Crippen molar-refractivity contribution in [2.45, 2.75) is 6.54 Å². The molecular formula is C31H21N3O4. The van der Waals surface area contributed by atoms with Crippen LogP contribution >= 0.6 is 0 Å². The lowest BCUT2D eigenvalue weighted by atomic mass is 10.1. The first-order chi connectivity index (χ1) is 18.5. The summed E-state index contributed by atoms with van der Waals surface area (Å²) in [6, 6.07) is 28.1. The Morgan fingerprint density at radius 1 is 0.737 bits per heavy atom. The number of imide groups is 1. The average molecular weight is 500 g/mol. The van der Waals surface area contributed by atoms with E-state index >= 15 is 0 Å². The monoisotopic (exact) mass is 499 g/mol. The molecule has 0 atom stereocenters. The highest BCUT2D eigenvalue weighted by molar-refractivity contribution is 6.21. The van der Waals surface area contributed by atoms with Crippen LogP contribution < -0.4 is 5.56 Å². The molecular weight excluding hydrogens is 478 g/mol. The van der Waals surface area contributed by atoms with Crippen LogP contribution in [0.25, 0.3) is 28.7 Å². The van der Waals surface area contributed by atoms with Gasteiger partial charge in [0.2, 0.25) is 0 Å². The van der Waals surface area contributed by atoms with Crippen LogP contribution in [0, 0.1) is 0 Å². The Kier molecular flexibility index (Phi) is 5.65. The summed E-state index contributed by atoms with van der Waals surface area (Å²) >= 11 is 0. The van der Waals surface area contributed by atoms with E-state index in [4.69, 9.17) is 4.98 Å². The second kappa shape index (κ2) is 9.29. The van der Waals surface area contributed by atoms with Crippen molar-refractivity contribution in [3.05, 3.63) is 135 Å². The van der Waals surface area contributed by atoms with Gasteiger partial charge in [0.15, 0.2) is 0 Å². The molecule has 0 saturated heterocycles. The van der Waals surface area contributed by atoms with Crippen molar-refractivity contribution in [2.24, 2.45) is 0 Å². The topological polar surface area (TPSA) is 92.5 Å². The first-order valence-electron chi connectivity index (χ1n) is 12.0. The molecule has 0 saturated carbocycles. The predicted molar refractivity (Wildman–Crippen MR) is 145 cm³/mol. The van der Waals surface area contributed by atoms with Gasteiger partial charge in [-0.25, -0.2) is 4.98 Å². The second-order valence-corrected chi connectivity index (χ2v) is 8.93. The zero-order chi connectivity index (χ0) is 26.2. The molecule has 0 spiro atoms. The molecule has 0 bridgehead atoms. The lowest BCUT2D eigenvalue weighted by molar-refractivity contribution is 0.0641. The molecule has 1 aliphatic rings. The van der Waals surface area contributed by atoms with E-state index in [0.29, 0.717) is 39.1 Å². The van der Waals surface area contributed by atoms with E-state index in [1.807, 2.05) is 42.5 Å². The molecule has 7 nitrogen and oxygen atoms in total. The summed E-state index contributed by atoms with van der Waals surface area (Å²) in [7, 11) is 0. The normalized spacial score (nSPS) is 13.0. The highest BCUT2D eigenvalue weighted by Gasteiger charge is 2.35. The van der Waals surface area contributed by atoms with Crippen LogP contribution in [0.15, 0.2) is 102 Å². The number of hydrogen-bond donors (Lipinski definition) is 1. The standard InChI is InChI=1S/C31H21N3O4/c35-27-16-15-22(18-21(27)19-33-29(36)23-10-4-5-11-24(23)30(33)37)34-28(17-14-20-8-2-1-3-9-20)32-26-13-7-6-12-25(26)31(34)38/h1-18,35H,19H2/b17-14+. The minimum absolute atomic E-state index is 0.0894. The van der Waals surface area contributed by atoms with Crippen molar-refractivity contribution in [2.75, 3.05) is 0 Å². The molecule has 0 unspecified atom stereocenters. The molecule has 1 N–H and O–H groups in total. The molecule has 0 aliphatic carbocycles. The summed E-state index contributed by atoms with van der Waals surface area (Å²) in [5.74, 6) is -0.541. The second-order valence-electron chi connectivity index (χ2n) is 8.93. The molecule has 7 heteroatoms. The van der Waals surface area contributed by atoms with Gasteiger partial charge < -0.3 is 5.11 Å². The number of rotatable bonds is 5. The number of nitrogens with zero attached hydrogens (tertiary/aromatic N) is 3. The van der Waals surface area contributed by atoms with Gasteiger partial charge in [-0.1, -0.05) is 60.7 Å². The Bertz CT molecular complexity index is 1790. The molecule has 4 aromatic carbocycles. The van der Waals surface area contributed by atoms with Crippen molar-refractivity contribution in [1.82, 2.24) is 14.5 Å². The number of carbonyl (C=O) groups is 2. The predicted octanol–water partition coefficient (Wildman–Crippen LogP) is 5.06. The van der Waals surface area contributed by atoms with E-state index in [9.17, 15) is 19.5 Å². The number of hydrogen-bond acceptors (Lipinski definition) is 5. The maximum absolute atomic E-state index is 13.7. The fourth-order valence-electron chi connectivity index (χ4n) is 4.64. The third kappa shape index (κ3) is 3.96. The number of phenols is 1. The van der Waals surface area contributed by atoms with E-state index in [0.717, 1.165) is 10.5 Å². The maximum atomic E-state index is 13.7. The van der Waals surface area contributed by atoms with Crippen molar-refractivity contribution in [3.63, 3.8) is 0 Å². The largest absolute Gasteiger partial charge is 0.508 e. The fourth-order valence-corrected chi connectivity index (χ4v) is 4.64. The summed E-state index contributed by atoms with van der Waals surface area (Å²) in [5.41, 5.74) is 2.67. The van der Waals surface area contributed by atoms with Crippen LogP contribution in [0.2, 0.25) is 0 Å². The first kappa shape index (κ1) is 23.1. The van der Waals surface area contributed by atoms with Crippen LogP contribution in [-0.4, -0.2) is 31.4 Å². The Morgan fingerprint density at radius 2 is 1.39 bits per heavy atom. The molecule has 0 radical (unpaired) electrons. The molecule has 6 rings (SSSR count). The molecule has 184 valence electrons. The number of amides is 2. The lowest BCUT2D eigenvalue weighted by Gasteiger charge is -2.17. The first-order valence-corrected chi connectivity index (χ1v) is 12.0. The minimum atomic E-state index is -0.425. The fraction of sp³-hybridized carbons (Fsp3) is 0.0323. The number of fused-ring (bicyclic) bond motifs is 2. The molecule has 2 amide bonds. The zero-order valence-corrected chi connectivity index (χ0v) is 20.1. The minimum Gasteiger partial charge on any atom is -0.508 e. The maximum Gasteiger partial charge on any atom is 0.266 e. The summed E-state index contributed by atoms with van der Waals surface area (Å²) in [5, 5.41) is 11.1. The number of carbonyl (C=O) groups excluding carboxylic acids is 2. The molecule has 1 aliphatic heterocycles. The highest BCUT2D eigenvalue weighted by atomic mass is 16.3. The molecule has 1 aromatic heterocycles. The summed E-state index contributed by atoms with van der Waals surface area (Å²) in [6.45, 7) is -0.142. The van der Waals surface area contributed by atoms with Gasteiger partial charge in [-0.05, 0) is 54.1 Å². The summed E-state index contributed by atoms with van der Waals surface area (Å²) in [4.78, 5) is 45.3. The molecule has 2 heterocycles. The molecule has 38 heavy (non-hydrogen) atoms. The van der Waals surface area contributed by atoms with E-state index in [1.54, 1.807) is 60.7 Å². The molecule has 0 fully saturated rings. The van der Waals surface area contributed by atoms with E-state index in [2.05, 4.69) is 0 Å². The van der Waals surface area contributed by atoms with Gasteiger partial charge in [0, 0.05) is 5.56 Å².